The summed E-state index contributed by atoms with van der Waals surface area (Å²) < 4.78 is 0. The van der Waals surface area contributed by atoms with Crippen molar-refractivity contribution in [2.75, 3.05) is 0 Å². The van der Waals surface area contributed by atoms with Crippen molar-refractivity contribution < 1.29 is 4.79 Å². The van der Waals surface area contributed by atoms with Crippen LogP contribution in [0.3, 0.4) is 0 Å². The SMILES string of the molecule is Cc1ccc(-c2ccc(C(=O)C(C)C)cc2)cc1C. The molecule has 0 aliphatic rings. The number of rotatable bonds is 3. The van der Waals surface area contributed by atoms with Crippen LogP contribution in [0.2, 0.25) is 0 Å². The molecule has 0 radical (unpaired) electrons. The topological polar surface area (TPSA) is 17.1 Å². The van der Waals surface area contributed by atoms with Gasteiger partial charge in [-0.3, -0.25) is 4.79 Å². The molecular weight excluding hydrogens is 232 g/mol. The van der Waals surface area contributed by atoms with Gasteiger partial charge in [0.1, 0.15) is 0 Å². The Kier molecular flexibility index (Phi) is 3.84. The minimum Gasteiger partial charge on any atom is -0.294 e. The van der Waals surface area contributed by atoms with Gasteiger partial charge in [0, 0.05) is 11.5 Å². The molecule has 0 aliphatic heterocycles. The number of hydrogen-bond acceptors (Lipinski definition) is 1. The van der Waals surface area contributed by atoms with Crippen molar-refractivity contribution in [3.63, 3.8) is 0 Å². The fourth-order valence-corrected chi connectivity index (χ4v) is 2.08. The Morgan fingerprint density at radius 2 is 1.42 bits per heavy atom. The molecule has 1 heteroatoms. The highest BCUT2D eigenvalue weighted by Crippen LogP contribution is 2.23. The van der Waals surface area contributed by atoms with E-state index in [2.05, 4.69) is 32.0 Å². The largest absolute Gasteiger partial charge is 0.294 e. The van der Waals surface area contributed by atoms with E-state index in [1.165, 1.54) is 16.7 Å². The molecule has 0 saturated carbocycles. The maximum absolute atomic E-state index is 11.9. The van der Waals surface area contributed by atoms with Crippen molar-refractivity contribution in [2.45, 2.75) is 27.7 Å². The summed E-state index contributed by atoms with van der Waals surface area (Å²) in [4.78, 5) is 11.9. The Hall–Kier alpha value is -1.89. The van der Waals surface area contributed by atoms with Gasteiger partial charge in [0.15, 0.2) is 5.78 Å². The quantitative estimate of drug-likeness (QED) is 0.716. The molecule has 0 saturated heterocycles. The lowest BCUT2D eigenvalue weighted by molar-refractivity contribution is 0.0939. The Morgan fingerprint density at radius 3 is 1.95 bits per heavy atom. The summed E-state index contributed by atoms with van der Waals surface area (Å²) >= 11 is 0. The van der Waals surface area contributed by atoms with E-state index in [1.54, 1.807) is 0 Å². The standard InChI is InChI=1S/C18H20O/c1-12(2)18(19)16-9-7-15(8-10-16)17-6-5-13(3)14(4)11-17/h5-12H,1-4H3. The first-order chi connectivity index (χ1) is 8.99. The second-order valence-electron chi connectivity index (χ2n) is 5.40. The molecule has 1 nitrogen and oxygen atoms in total. The summed E-state index contributed by atoms with van der Waals surface area (Å²) in [6.07, 6.45) is 0. The van der Waals surface area contributed by atoms with Crippen LogP contribution in [0.4, 0.5) is 0 Å². The third kappa shape index (κ3) is 2.93. The van der Waals surface area contributed by atoms with Crippen LogP contribution in [-0.2, 0) is 0 Å². The van der Waals surface area contributed by atoms with Crippen LogP contribution in [0.25, 0.3) is 11.1 Å². The Morgan fingerprint density at radius 1 is 0.842 bits per heavy atom. The second kappa shape index (κ2) is 5.40. The third-order valence-electron chi connectivity index (χ3n) is 3.53. The van der Waals surface area contributed by atoms with Gasteiger partial charge in [0.25, 0.3) is 0 Å². The highest BCUT2D eigenvalue weighted by molar-refractivity contribution is 5.97. The van der Waals surface area contributed by atoms with Crippen LogP contribution in [0, 0.1) is 19.8 Å². The van der Waals surface area contributed by atoms with E-state index < -0.39 is 0 Å². The molecule has 2 aromatic carbocycles. The van der Waals surface area contributed by atoms with Crippen LogP contribution >= 0.6 is 0 Å². The minimum absolute atomic E-state index is 0.0486. The first-order valence-electron chi connectivity index (χ1n) is 6.71. The number of Topliss-reactive ketones (excluding diaryl/α,β-unsaturated/α-hetero) is 1. The summed E-state index contributed by atoms with van der Waals surface area (Å²) in [5.74, 6) is 0.249. The summed E-state index contributed by atoms with van der Waals surface area (Å²) in [5, 5.41) is 0. The first kappa shape index (κ1) is 13.5. The van der Waals surface area contributed by atoms with E-state index in [1.807, 2.05) is 38.1 Å². The number of benzene rings is 2. The first-order valence-corrected chi connectivity index (χ1v) is 6.71. The molecule has 0 bridgehead atoms. The van der Waals surface area contributed by atoms with Crippen LogP contribution < -0.4 is 0 Å². The Bertz CT molecular complexity index is 592. The van der Waals surface area contributed by atoms with E-state index in [4.69, 9.17) is 0 Å². The molecular formula is C18H20O. The van der Waals surface area contributed by atoms with E-state index in [-0.39, 0.29) is 11.7 Å². The van der Waals surface area contributed by atoms with Gasteiger partial charge in [0.05, 0.1) is 0 Å². The molecule has 0 N–H and O–H groups in total. The van der Waals surface area contributed by atoms with Gasteiger partial charge in [-0.1, -0.05) is 56.3 Å². The van der Waals surface area contributed by atoms with Gasteiger partial charge in [-0.05, 0) is 36.1 Å². The fourth-order valence-electron chi connectivity index (χ4n) is 2.08. The minimum atomic E-state index is 0.0486. The number of hydrogen-bond donors (Lipinski definition) is 0. The maximum atomic E-state index is 11.9. The molecule has 2 rings (SSSR count). The molecule has 98 valence electrons. The smallest absolute Gasteiger partial charge is 0.165 e. The highest BCUT2D eigenvalue weighted by atomic mass is 16.1. The van der Waals surface area contributed by atoms with Crippen molar-refractivity contribution in [1.29, 1.82) is 0 Å². The lowest BCUT2D eigenvalue weighted by atomic mass is 9.96. The molecule has 0 amide bonds. The molecule has 0 aliphatic carbocycles. The van der Waals surface area contributed by atoms with E-state index in [0.717, 1.165) is 11.1 Å². The van der Waals surface area contributed by atoms with Crippen LogP contribution in [0.15, 0.2) is 42.5 Å². The zero-order chi connectivity index (χ0) is 14.0. The van der Waals surface area contributed by atoms with Crippen molar-refractivity contribution in [3.8, 4) is 11.1 Å². The van der Waals surface area contributed by atoms with Gasteiger partial charge >= 0.3 is 0 Å². The predicted molar refractivity (Wildman–Crippen MR) is 80.5 cm³/mol. The molecule has 2 aromatic rings. The van der Waals surface area contributed by atoms with Gasteiger partial charge in [-0.25, -0.2) is 0 Å². The highest BCUT2D eigenvalue weighted by Gasteiger charge is 2.10. The summed E-state index contributed by atoms with van der Waals surface area (Å²) in [5.41, 5.74) is 5.74. The van der Waals surface area contributed by atoms with Crippen LogP contribution in [0.1, 0.15) is 35.3 Å². The van der Waals surface area contributed by atoms with Crippen molar-refractivity contribution >= 4 is 5.78 Å². The number of aryl methyl sites for hydroxylation is 2. The Balaban J connectivity index is 2.32. The zero-order valence-electron chi connectivity index (χ0n) is 12.0. The lowest BCUT2D eigenvalue weighted by Gasteiger charge is -2.08. The third-order valence-corrected chi connectivity index (χ3v) is 3.53. The van der Waals surface area contributed by atoms with Gasteiger partial charge in [-0.2, -0.15) is 0 Å². The molecule has 0 atom stereocenters. The van der Waals surface area contributed by atoms with Crippen LogP contribution in [0.5, 0.6) is 0 Å². The van der Waals surface area contributed by atoms with E-state index in [9.17, 15) is 4.79 Å². The summed E-state index contributed by atoms with van der Waals surface area (Å²) in [6, 6.07) is 14.4. The molecule has 0 unspecified atom stereocenters. The summed E-state index contributed by atoms with van der Waals surface area (Å²) in [7, 11) is 0. The average Bonchev–Trinajstić information content (AvgIpc) is 2.41. The summed E-state index contributed by atoms with van der Waals surface area (Å²) in [6.45, 7) is 8.10. The molecule has 0 heterocycles. The maximum Gasteiger partial charge on any atom is 0.165 e. The number of ketones is 1. The van der Waals surface area contributed by atoms with Gasteiger partial charge in [0.2, 0.25) is 0 Å². The lowest BCUT2D eigenvalue weighted by Crippen LogP contribution is -2.06. The van der Waals surface area contributed by atoms with Crippen molar-refractivity contribution in [2.24, 2.45) is 5.92 Å². The fraction of sp³-hybridized carbons (Fsp3) is 0.278. The average molecular weight is 252 g/mol. The molecule has 19 heavy (non-hydrogen) atoms. The number of carbonyl (C=O) groups excluding carboxylic acids is 1. The van der Waals surface area contributed by atoms with E-state index in [0.29, 0.717) is 0 Å². The van der Waals surface area contributed by atoms with Crippen molar-refractivity contribution in [3.05, 3.63) is 59.2 Å². The van der Waals surface area contributed by atoms with Gasteiger partial charge < -0.3 is 0 Å². The van der Waals surface area contributed by atoms with Crippen LogP contribution in [-0.4, -0.2) is 5.78 Å². The molecule has 0 fully saturated rings. The predicted octanol–water partition coefficient (Wildman–Crippen LogP) is 4.81. The molecule has 0 aromatic heterocycles. The number of carbonyl (C=O) groups is 1. The normalized spacial score (nSPS) is 10.8. The zero-order valence-corrected chi connectivity index (χ0v) is 12.0. The Labute approximate surface area is 115 Å². The van der Waals surface area contributed by atoms with Gasteiger partial charge in [-0.15, -0.1) is 0 Å². The van der Waals surface area contributed by atoms with E-state index >= 15 is 0 Å². The monoisotopic (exact) mass is 252 g/mol. The molecule has 0 spiro atoms. The second-order valence-corrected chi connectivity index (χ2v) is 5.40. The van der Waals surface area contributed by atoms with Crippen molar-refractivity contribution in [1.82, 2.24) is 0 Å².